The van der Waals surface area contributed by atoms with Crippen LogP contribution in [0.5, 0.6) is 5.75 Å². The number of halogens is 1. The van der Waals surface area contributed by atoms with Gasteiger partial charge in [0.15, 0.2) is 5.82 Å². The van der Waals surface area contributed by atoms with Crippen molar-refractivity contribution >= 4 is 16.8 Å². The second-order valence-corrected chi connectivity index (χ2v) is 5.60. The first-order chi connectivity index (χ1) is 12.2. The molecule has 130 valence electrons. The minimum Gasteiger partial charge on any atom is -0.496 e. The lowest BCUT2D eigenvalue weighted by molar-refractivity contribution is -0.00602. The lowest BCUT2D eigenvalue weighted by Gasteiger charge is -2.33. The van der Waals surface area contributed by atoms with Crippen molar-refractivity contribution in [1.29, 1.82) is 0 Å². The minimum atomic E-state index is -0.460. The number of amides is 1. The van der Waals surface area contributed by atoms with Crippen molar-refractivity contribution in [3.8, 4) is 5.75 Å². The molecule has 1 aromatic carbocycles. The summed E-state index contributed by atoms with van der Waals surface area (Å²) in [6, 6.07) is 3.94. The molecule has 25 heavy (non-hydrogen) atoms. The van der Waals surface area contributed by atoms with Gasteiger partial charge < -0.3 is 23.9 Å². The quantitative estimate of drug-likeness (QED) is 0.779. The molecule has 0 bridgehead atoms. The number of morpholine rings is 1. The fourth-order valence-corrected chi connectivity index (χ4v) is 2.99. The topological polar surface area (TPSA) is 93.5 Å². The maximum Gasteiger partial charge on any atom is 0.271 e. The molecule has 1 aliphatic rings. The number of ether oxygens (including phenoxy) is 2. The summed E-state index contributed by atoms with van der Waals surface area (Å²) >= 11 is 0. The van der Waals surface area contributed by atoms with Crippen LogP contribution < -0.4 is 4.74 Å². The van der Waals surface area contributed by atoms with Gasteiger partial charge >= 0.3 is 0 Å². The number of H-pyrrole nitrogens is 1. The Morgan fingerprint density at radius 3 is 3.12 bits per heavy atom. The summed E-state index contributed by atoms with van der Waals surface area (Å²) in [5.41, 5.74) is 0.487. The molecule has 9 heteroatoms. The number of rotatable bonds is 3. The fraction of sp³-hybridized carbons (Fsp3) is 0.312. The molecule has 2 aromatic heterocycles. The van der Waals surface area contributed by atoms with Gasteiger partial charge in [-0.3, -0.25) is 4.79 Å². The molecule has 1 aliphatic heterocycles. The summed E-state index contributed by atoms with van der Waals surface area (Å²) in [5.74, 6) is 0.110. The highest BCUT2D eigenvalue weighted by molar-refractivity contribution is 6.00. The third-order valence-corrected chi connectivity index (χ3v) is 4.22. The third kappa shape index (κ3) is 2.62. The molecule has 0 aliphatic carbocycles. The van der Waals surface area contributed by atoms with Crippen LogP contribution in [0.3, 0.4) is 0 Å². The van der Waals surface area contributed by atoms with E-state index in [1.165, 1.54) is 25.6 Å². The predicted molar refractivity (Wildman–Crippen MR) is 83.7 cm³/mol. The van der Waals surface area contributed by atoms with E-state index in [2.05, 4.69) is 15.1 Å². The normalized spacial score (nSPS) is 17.8. The lowest BCUT2D eigenvalue weighted by atomic mass is 10.2. The Kier molecular flexibility index (Phi) is 3.85. The first kappa shape index (κ1) is 15.6. The summed E-state index contributed by atoms with van der Waals surface area (Å²) in [7, 11) is 1.50. The van der Waals surface area contributed by atoms with Crippen molar-refractivity contribution in [2.24, 2.45) is 0 Å². The number of fused-ring (bicyclic) bond motifs is 1. The van der Waals surface area contributed by atoms with Crippen molar-refractivity contribution in [2.45, 2.75) is 6.04 Å². The van der Waals surface area contributed by atoms with Crippen molar-refractivity contribution in [2.75, 3.05) is 26.9 Å². The van der Waals surface area contributed by atoms with Crippen molar-refractivity contribution in [3.05, 3.63) is 41.9 Å². The second-order valence-electron chi connectivity index (χ2n) is 5.60. The van der Waals surface area contributed by atoms with E-state index in [1.807, 2.05) is 0 Å². The van der Waals surface area contributed by atoms with Crippen molar-refractivity contribution in [3.63, 3.8) is 0 Å². The highest BCUT2D eigenvalue weighted by atomic mass is 19.1. The van der Waals surface area contributed by atoms with E-state index in [4.69, 9.17) is 14.0 Å². The van der Waals surface area contributed by atoms with Gasteiger partial charge in [0, 0.05) is 11.9 Å². The molecule has 1 amide bonds. The van der Waals surface area contributed by atoms with Gasteiger partial charge in [-0.15, -0.1) is 0 Å². The van der Waals surface area contributed by atoms with E-state index in [0.717, 1.165) is 0 Å². The smallest absolute Gasteiger partial charge is 0.271 e. The number of aromatic nitrogens is 3. The average Bonchev–Trinajstić information content (AvgIpc) is 3.32. The molecule has 1 unspecified atom stereocenters. The highest BCUT2D eigenvalue weighted by Gasteiger charge is 2.33. The molecule has 8 nitrogen and oxygen atoms in total. The monoisotopic (exact) mass is 346 g/mol. The molecule has 4 rings (SSSR count). The Labute approximate surface area is 141 Å². The summed E-state index contributed by atoms with van der Waals surface area (Å²) in [6.45, 7) is 1.04. The molecular weight excluding hydrogens is 331 g/mol. The van der Waals surface area contributed by atoms with Crippen LogP contribution in [0.15, 0.2) is 29.1 Å². The molecule has 1 fully saturated rings. The lowest BCUT2D eigenvalue weighted by Crippen LogP contribution is -2.44. The van der Waals surface area contributed by atoms with Gasteiger partial charge in [-0.25, -0.2) is 4.39 Å². The zero-order chi connectivity index (χ0) is 17.4. The van der Waals surface area contributed by atoms with Crippen LogP contribution >= 0.6 is 0 Å². The number of nitrogens with one attached hydrogen (secondary N) is 1. The zero-order valence-electron chi connectivity index (χ0n) is 13.4. The van der Waals surface area contributed by atoms with Crippen LogP contribution in [0.4, 0.5) is 4.39 Å². The molecule has 1 saturated heterocycles. The molecule has 1 N–H and O–H groups in total. The Balaban J connectivity index is 1.72. The Bertz CT molecular complexity index is 908. The number of methoxy groups -OCH3 is 1. The fourth-order valence-electron chi connectivity index (χ4n) is 2.99. The van der Waals surface area contributed by atoms with Gasteiger partial charge in [0.25, 0.3) is 5.91 Å². The summed E-state index contributed by atoms with van der Waals surface area (Å²) in [5, 5.41) is 4.31. The predicted octanol–water partition coefficient (Wildman–Crippen LogP) is 1.91. The molecule has 1 atom stereocenters. The maximum absolute atomic E-state index is 14.1. The number of aromatic amines is 1. The summed E-state index contributed by atoms with van der Waals surface area (Å²) in [6.07, 6.45) is 1.20. The van der Waals surface area contributed by atoms with Gasteiger partial charge in [-0.05, 0) is 18.2 Å². The molecule has 0 spiro atoms. The van der Waals surface area contributed by atoms with E-state index in [0.29, 0.717) is 30.1 Å². The number of carbonyl (C=O) groups is 1. The molecule has 3 aromatic rings. The molecule has 3 heterocycles. The summed E-state index contributed by atoms with van der Waals surface area (Å²) < 4.78 is 29.5. The SMILES string of the molecule is COc1ccc(F)c2[nH]c(C(=O)N3CCOCC3c3ncon3)cc12. The first-order valence-corrected chi connectivity index (χ1v) is 7.69. The van der Waals surface area contributed by atoms with Gasteiger partial charge in [0.05, 0.1) is 25.8 Å². The van der Waals surface area contributed by atoms with Crippen LogP contribution in [0, 0.1) is 5.82 Å². The van der Waals surface area contributed by atoms with E-state index in [-0.39, 0.29) is 23.7 Å². The van der Waals surface area contributed by atoms with Crippen LogP contribution in [-0.2, 0) is 4.74 Å². The van der Waals surface area contributed by atoms with E-state index in [9.17, 15) is 9.18 Å². The summed E-state index contributed by atoms with van der Waals surface area (Å²) in [4.78, 5) is 21.4. The van der Waals surface area contributed by atoms with Crippen molar-refractivity contribution in [1.82, 2.24) is 20.0 Å². The maximum atomic E-state index is 14.1. The van der Waals surface area contributed by atoms with E-state index < -0.39 is 11.9 Å². The molecular formula is C16H15FN4O4. The molecule has 0 radical (unpaired) electrons. The number of carbonyl (C=O) groups excluding carboxylic acids is 1. The van der Waals surface area contributed by atoms with Crippen LogP contribution in [-0.4, -0.2) is 52.8 Å². The number of hydrogen-bond donors (Lipinski definition) is 1. The standard InChI is InChI=1S/C16H15FN4O4/c1-23-13-3-2-10(17)14-9(13)6-11(19-14)16(22)21-4-5-24-7-12(21)15-18-8-25-20-15/h2-3,6,8,12,19H,4-5,7H2,1H3. The van der Waals surface area contributed by atoms with Gasteiger partial charge in [0.1, 0.15) is 23.3 Å². The number of benzene rings is 1. The van der Waals surface area contributed by atoms with Gasteiger partial charge in [0.2, 0.25) is 6.39 Å². The van der Waals surface area contributed by atoms with Crippen LogP contribution in [0.25, 0.3) is 10.9 Å². The Hall–Kier alpha value is -2.94. The highest BCUT2D eigenvalue weighted by Crippen LogP contribution is 2.30. The van der Waals surface area contributed by atoms with Gasteiger partial charge in [-0.2, -0.15) is 4.98 Å². The number of nitrogens with zero attached hydrogens (tertiary/aromatic N) is 3. The number of hydrogen-bond acceptors (Lipinski definition) is 6. The van der Waals surface area contributed by atoms with Crippen molar-refractivity contribution < 1.29 is 23.2 Å². The minimum absolute atomic E-state index is 0.229. The van der Waals surface area contributed by atoms with Crippen LogP contribution in [0.1, 0.15) is 22.4 Å². The Morgan fingerprint density at radius 2 is 2.36 bits per heavy atom. The first-order valence-electron chi connectivity index (χ1n) is 7.69. The zero-order valence-corrected chi connectivity index (χ0v) is 13.4. The van der Waals surface area contributed by atoms with E-state index >= 15 is 0 Å². The largest absolute Gasteiger partial charge is 0.496 e. The Morgan fingerprint density at radius 1 is 1.48 bits per heavy atom. The second kappa shape index (κ2) is 6.17. The average molecular weight is 346 g/mol. The third-order valence-electron chi connectivity index (χ3n) is 4.22. The molecule has 0 saturated carbocycles. The van der Waals surface area contributed by atoms with Gasteiger partial charge in [-0.1, -0.05) is 5.16 Å². The van der Waals surface area contributed by atoms with E-state index in [1.54, 1.807) is 11.0 Å². The van der Waals surface area contributed by atoms with Crippen LogP contribution in [0.2, 0.25) is 0 Å².